The number of aromatic nitrogens is 3. The molecule has 1 N–H and O–H groups in total. The number of hydrogen-bond donors (Lipinski definition) is 1. The molecule has 82 valence electrons. The molecular weight excluding hydrogens is 236 g/mol. The first kappa shape index (κ1) is 9.81. The van der Waals surface area contributed by atoms with Crippen molar-refractivity contribution >= 4 is 11.3 Å². The van der Waals surface area contributed by atoms with Gasteiger partial charge in [-0.2, -0.15) is 21.6 Å². The minimum absolute atomic E-state index is 0.382. The van der Waals surface area contributed by atoms with Gasteiger partial charge < -0.3 is 9.51 Å². The molecular formula is C11H6N4OS. The SMILES string of the molecule is N#Cc1c[nH]c(-c2nc(-c3ccsc3)no2)c1. The van der Waals surface area contributed by atoms with Crippen LogP contribution in [-0.2, 0) is 0 Å². The Morgan fingerprint density at radius 2 is 2.41 bits per heavy atom. The standard InChI is InChI=1S/C11H6N4OS/c12-4-7-3-9(13-5-7)11-14-10(15-16-11)8-1-2-17-6-8/h1-3,5-6,13H. The Hall–Kier alpha value is -2.39. The van der Waals surface area contributed by atoms with Crippen LogP contribution >= 0.6 is 11.3 Å². The predicted molar refractivity (Wildman–Crippen MR) is 62.1 cm³/mol. The van der Waals surface area contributed by atoms with Crippen molar-refractivity contribution in [1.82, 2.24) is 15.1 Å². The summed E-state index contributed by atoms with van der Waals surface area (Å²) in [5.74, 6) is 0.932. The molecule has 0 aromatic carbocycles. The van der Waals surface area contributed by atoms with Crippen LogP contribution in [0.1, 0.15) is 5.56 Å². The average molecular weight is 242 g/mol. The third kappa shape index (κ3) is 1.73. The molecule has 17 heavy (non-hydrogen) atoms. The van der Waals surface area contributed by atoms with E-state index in [0.717, 1.165) is 5.56 Å². The molecule has 0 bridgehead atoms. The number of nitriles is 1. The molecule has 0 aliphatic rings. The van der Waals surface area contributed by atoms with E-state index >= 15 is 0 Å². The van der Waals surface area contributed by atoms with E-state index in [-0.39, 0.29) is 0 Å². The zero-order chi connectivity index (χ0) is 11.7. The van der Waals surface area contributed by atoms with Crippen LogP contribution in [0.5, 0.6) is 0 Å². The van der Waals surface area contributed by atoms with Gasteiger partial charge in [0.05, 0.1) is 5.56 Å². The van der Waals surface area contributed by atoms with E-state index < -0.39 is 0 Å². The maximum atomic E-state index is 8.72. The monoisotopic (exact) mass is 242 g/mol. The summed E-state index contributed by atoms with van der Waals surface area (Å²) in [6.07, 6.45) is 1.60. The molecule has 3 aromatic heterocycles. The van der Waals surface area contributed by atoms with E-state index in [2.05, 4.69) is 15.1 Å². The van der Waals surface area contributed by atoms with Gasteiger partial charge in [-0.25, -0.2) is 0 Å². The topological polar surface area (TPSA) is 78.5 Å². The molecule has 3 aromatic rings. The minimum Gasteiger partial charge on any atom is -0.356 e. The summed E-state index contributed by atoms with van der Waals surface area (Å²) >= 11 is 1.57. The third-order valence-electron chi connectivity index (χ3n) is 2.25. The second kappa shape index (κ2) is 3.88. The number of H-pyrrole nitrogens is 1. The molecule has 0 aliphatic carbocycles. The average Bonchev–Trinajstić information content (AvgIpc) is 3.09. The molecule has 0 amide bonds. The Labute approximate surface area is 100 Å². The van der Waals surface area contributed by atoms with Crippen LogP contribution in [0.3, 0.4) is 0 Å². The van der Waals surface area contributed by atoms with Gasteiger partial charge >= 0.3 is 0 Å². The number of rotatable bonds is 2. The van der Waals surface area contributed by atoms with E-state index in [1.807, 2.05) is 22.9 Å². The summed E-state index contributed by atoms with van der Waals surface area (Å²) in [6, 6.07) is 5.63. The molecule has 0 fully saturated rings. The summed E-state index contributed by atoms with van der Waals surface area (Å²) in [6.45, 7) is 0. The van der Waals surface area contributed by atoms with Gasteiger partial charge in [0.15, 0.2) is 0 Å². The predicted octanol–water partition coefficient (Wildman–Crippen LogP) is 2.66. The van der Waals surface area contributed by atoms with Gasteiger partial charge in [0, 0.05) is 17.1 Å². The second-order valence-electron chi connectivity index (χ2n) is 3.35. The van der Waals surface area contributed by atoms with Gasteiger partial charge in [-0.3, -0.25) is 0 Å². The Bertz CT molecular complexity index is 674. The zero-order valence-corrected chi connectivity index (χ0v) is 9.36. The van der Waals surface area contributed by atoms with Gasteiger partial charge in [0.1, 0.15) is 11.8 Å². The van der Waals surface area contributed by atoms with Crippen molar-refractivity contribution in [2.45, 2.75) is 0 Å². The first-order chi connectivity index (χ1) is 8.36. The second-order valence-corrected chi connectivity index (χ2v) is 4.13. The van der Waals surface area contributed by atoms with Crippen LogP contribution < -0.4 is 0 Å². The summed E-state index contributed by atoms with van der Waals surface area (Å²) < 4.78 is 5.14. The smallest absolute Gasteiger partial charge is 0.274 e. The lowest BCUT2D eigenvalue weighted by Crippen LogP contribution is -1.77. The molecule has 5 nitrogen and oxygen atoms in total. The molecule has 0 radical (unpaired) electrons. The van der Waals surface area contributed by atoms with Gasteiger partial charge in [-0.1, -0.05) is 5.16 Å². The Kier molecular flexibility index (Phi) is 2.24. The van der Waals surface area contributed by atoms with Gasteiger partial charge in [-0.15, -0.1) is 0 Å². The summed E-state index contributed by atoms with van der Waals surface area (Å²) in [5.41, 5.74) is 2.11. The lowest BCUT2D eigenvalue weighted by molar-refractivity contribution is 0.431. The first-order valence-electron chi connectivity index (χ1n) is 4.82. The van der Waals surface area contributed by atoms with Gasteiger partial charge in [0.2, 0.25) is 5.82 Å². The third-order valence-corrected chi connectivity index (χ3v) is 2.93. The van der Waals surface area contributed by atoms with E-state index in [1.165, 1.54) is 0 Å². The molecule has 6 heteroatoms. The van der Waals surface area contributed by atoms with E-state index in [4.69, 9.17) is 9.78 Å². The first-order valence-corrected chi connectivity index (χ1v) is 5.76. The molecule has 0 atom stereocenters. The molecule has 0 spiro atoms. The number of nitrogens with one attached hydrogen (secondary N) is 1. The molecule has 0 saturated heterocycles. The van der Waals surface area contributed by atoms with E-state index in [1.54, 1.807) is 23.6 Å². The minimum atomic E-state index is 0.382. The van der Waals surface area contributed by atoms with Crippen molar-refractivity contribution in [3.63, 3.8) is 0 Å². The maximum absolute atomic E-state index is 8.72. The number of thiophene rings is 1. The van der Waals surface area contributed by atoms with Crippen molar-refractivity contribution in [2.75, 3.05) is 0 Å². The fourth-order valence-electron chi connectivity index (χ4n) is 1.42. The fraction of sp³-hybridized carbons (Fsp3) is 0. The van der Waals surface area contributed by atoms with Crippen LogP contribution in [0.4, 0.5) is 0 Å². The number of hydrogen-bond acceptors (Lipinski definition) is 5. The van der Waals surface area contributed by atoms with Crippen LogP contribution in [0, 0.1) is 11.3 Å². The highest BCUT2D eigenvalue weighted by Crippen LogP contribution is 2.23. The number of nitrogens with zero attached hydrogens (tertiary/aromatic N) is 3. The van der Waals surface area contributed by atoms with Crippen LogP contribution in [-0.4, -0.2) is 15.1 Å². The Morgan fingerprint density at radius 1 is 1.47 bits per heavy atom. The number of aromatic amines is 1. The molecule has 0 saturated carbocycles. The van der Waals surface area contributed by atoms with Crippen LogP contribution in [0.2, 0.25) is 0 Å². The summed E-state index contributed by atoms with van der Waals surface area (Å²) in [4.78, 5) is 7.17. The highest BCUT2D eigenvalue weighted by molar-refractivity contribution is 7.08. The normalized spacial score (nSPS) is 10.3. The largest absolute Gasteiger partial charge is 0.356 e. The highest BCUT2D eigenvalue weighted by Gasteiger charge is 2.12. The quantitative estimate of drug-likeness (QED) is 0.749. The Morgan fingerprint density at radius 3 is 3.12 bits per heavy atom. The molecule has 0 unspecified atom stereocenters. The lowest BCUT2D eigenvalue weighted by Gasteiger charge is -1.84. The lowest BCUT2D eigenvalue weighted by atomic mass is 10.3. The Balaban J connectivity index is 1.98. The van der Waals surface area contributed by atoms with Gasteiger partial charge in [0.25, 0.3) is 5.89 Å². The van der Waals surface area contributed by atoms with Crippen molar-refractivity contribution < 1.29 is 4.52 Å². The van der Waals surface area contributed by atoms with Crippen molar-refractivity contribution in [3.05, 3.63) is 34.7 Å². The van der Waals surface area contributed by atoms with E-state index in [0.29, 0.717) is 23.0 Å². The van der Waals surface area contributed by atoms with Gasteiger partial charge in [-0.05, 0) is 17.5 Å². The molecule has 3 rings (SSSR count). The fourth-order valence-corrected chi connectivity index (χ4v) is 2.06. The van der Waals surface area contributed by atoms with Crippen molar-refractivity contribution in [1.29, 1.82) is 5.26 Å². The van der Waals surface area contributed by atoms with E-state index in [9.17, 15) is 0 Å². The van der Waals surface area contributed by atoms with Crippen LogP contribution in [0.25, 0.3) is 23.0 Å². The zero-order valence-electron chi connectivity index (χ0n) is 8.54. The maximum Gasteiger partial charge on any atom is 0.274 e. The molecule has 0 aliphatic heterocycles. The molecule has 3 heterocycles. The highest BCUT2D eigenvalue weighted by atomic mass is 32.1. The summed E-state index contributed by atoms with van der Waals surface area (Å²) in [5, 5.41) is 16.5. The van der Waals surface area contributed by atoms with Crippen LogP contribution in [0.15, 0.2) is 33.6 Å². The van der Waals surface area contributed by atoms with Crippen molar-refractivity contribution in [2.24, 2.45) is 0 Å². The van der Waals surface area contributed by atoms with Crippen molar-refractivity contribution in [3.8, 4) is 29.0 Å². The summed E-state index contributed by atoms with van der Waals surface area (Å²) in [7, 11) is 0.